The van der Waals surface area contributed by atoms with E-state index < -0.39 is 59.2 Å². The molecule has 14 heteroatoms. The van der Waals surface area contributed by atoms with Crippen molar-refractivity contribution in [2.45, 2.75) is 30.5 Å². The van der Waals surface area contributed by atoms with Crippen LogP contribution in [0.1, 0.15) is 35.8 Å². The maximum Gasteiger partial charge on any atom is 0.355 e. The van der Waals surface area contributed by atoms with E-state index >= 15 is 0 Å². The summed E-state index contributed by atoms with van der Waals surface area (Å²) in [4.78, 5) is 82.7. The first-order valence-electron chi connectivity index (χ1n) is 15.7. The largest absolute Gasteiger partial charge is 0.448 e. The topological polar surface area (TPSA) is 171 Å². The number of rotatable bonds is 9. The molecule has 0 aliphatic carbocycles. The number of fused-ring (bicyclic) bond motifs is 1. The number of imide groups is 1. The van der Waals surface area contributed by atoms with Crippen molar-refractivity contribution < 1.29 is 33.5 Å². The summed E-state index contributed by atoms with van der Waals surface area (Å²) >= 11 is 1.36. The van der Waals surface area contributed by atoms with Gasteiger partial charge in [-0.2, -0.15) is 0 Å². The highest BCUT2D eigenvalue weighted by Gasteiger charge is 2.53. The maximum atomic E-state index is 13.8. The third kappa shape index (κ3) is 6.72. The maximum absolute atomic E-state index is 13.8. The van der Waals surface area contributed by atoms with Gasteiger partial charge in [-0.1, -0.05) is 72.8 Å². The number of amides is 6. The Morgan fingerprint density at radius 1 is 0.878 bits per heavy atom. The predicted molar refractivity (Wildman–Crippen MR) is 180 cm³/mol. The van der Waals surface area contributed by atoms with E-state index in [4.69, 9.17) is 10.5 Å². The molecule has 6 rings (SSSR count). The lowest BCUT2D eigenvalue weighted by Gasteiger charge is -2.48. The molecule has 13 nitrogen and oxygen atoms in total. The van der Waals surface area contributed by atoms with Crippen molar-refractivity contribution in [3.63, 3.8) is 0 Å². The van der Waals surface area contributed by atoms with Gasteiger partial charge in [0, 0.05) is 31.1 Å². The van der Waals surface area contributed by atoms with E-state index in [-0.39, 0.29) is 18.8 Å². The average Bonchev–Trinajstić information content (AvgIpc) is 3.13. The second-order valence-corrected chi connectivity index (χ2v) is 12.7. The van der Waals surface area contributed by atoms with Crippen LogP contribution in [0.2, 0.25) is 0 Å². The molecule has 252 valence electrons. The van der Waals surface area contributed by atoms with Crippen LogP contribution >= 0.6 is 11.8 Å². The van der Waals surface area contributed by atoms with Gasteiger partial charge < -0.3 is 26.0 Å². The highest BCUT2D eigenvalue weighted by atomic mass is 32.2. The molecule has 0 aromatic heterocycles. The van der Waals surface area contributed by atoms with Crippen LogP contribution in [0.4, 0.5) is 10.5 Å². The summed E-state index contributed by atoms with van der Waals surface area (Å²) < 4.78 is 6.00. The van der Waals surface area contributed by atoms with Gasteiger partial charge in [0.05, 0.1) is 0 Å². The van der Waals surface area contributed by atoms with Crippen molar-refractivity contribution in [2.75, 3.05) is 31.1 Å². The third-order valence-electron chi connectivity index (χ3n) is 8.52. The van der Waals surface area contributed by atoms with E-state index in [0.717, 1.165) is 16.0 Å². The van der Waals surface area contributed by atoms with E-state index in [1.165, 1.54) is 21.6 Å². The lowest BCUT2D eigenvalue weighted by Crippen LogP contribution is -2.71. The number of carbonyl (C=O) groups is 6. The Labute approximate surface area is 286 Å². The SMILES string of the molecule is CCN1CCN(C(=O)N[C@@H](C(=O)N[C@@H]2C(=O)N3C(C(=O)OC(c4ccccc4)c4ccccc4)=CCS[C@H]23)c2ccc(N)cc2)C(=O)C1=O. The normalized spacial score (nSPS) is 19.4. The van der Waals surface area contributed by atoms with E-state index in [9.17, 15) is 28.8 Å². The van der Waals surface area contributed by atoms with Crippen molar-refractivity contribution in [1.82, 2.24) is 25.3 Å². The van der Waals surface area contributed by atoms with Crippen LogP contribution < -0.4 is 16.4 Å². The van der Waals surface area contributed by atoms with Crippen LogP contribution in [-0.4, -0.2) is 87.1 Å². The number of anilines is 1. The number of likely N-dealkylation sites (N-methyl/N-ethyl adjacent to an activating group) is 1. The van der Waals surface area contributed by atoms with E-state index in [1.54, 1.807) is 37.3 Å². The van der Waals surface area contributed by atoms with Gasteiger partial charge in [-0.3, -0.25) is 29.0 Å². The summed E-state index contributed by atoms with van der Waals surface area (Å²) in [5.74, 6) is -3.37. The number of urea groups is 1. The van der Waals surface area contributed by atoms with Gasteiger partial charge in [-0.15, -0.1) is 11.8 Å². The van der Waals surface area contributed by atoms with Gasteiger partial charge in [0.2, 0.25) is 5.91 Å². The molecule has 0 spiro atoms. The molecular weight excluding hydrogens is 648 g/mol. The first kappa shape index (κ1) is 33.3. The summed E-state index contributed by atoms with van der Waals surface area (Å²) in [7, 11) is 0. The molecule has 2 saturated heterocycles. The zero-order valence-corrected chi connectivity index (χ0v) is 27.3. The molecule has 3 aliphatic heterocycles. The number of carbonyl (C=O) groups excluding carboxylic acids is 6. The first-order valence-corrected chi connectivity index (χ1v) is 16.8. The Kier molecular flexibility index (Phi) is 9.67. The van der Waals surface area contributed by atoms with Crippen LogP contribution in [0.25, 0.3) is 0 Å². The first-order chi connectivity index (χ1) is 23.7. The zero-order chi connectivity index (χ0) is 34.7. The average molecular weight is 683 g/mol. The number of nitrogens with zero attached hydrogens (tertiary/aromatic N) is 3. The lowest BCUT2D eigenvalue weighted by molar-refractivity contribution is -0.154. The molecule has 3 aromatic carbocycles. The number of ether oxygens (including phenoxy) is 1. The molecule has 4 N–H and O–H groups in total. The lowest BCUT2D eigenvalue weighted by atomic mass is 10.0. The number of nitrogens with two attached hydrogens (primary N) is 1. The minimum atomic E-state index is -1.34. The summed E-state index contributed by atoms with van der Waals surface area (Å²) in [6.45, 7) is 2.16. The molecule has 3 aliphatic rings. The van der Waals surface area contributed by atoms with E-state index in [2.05, 4.69) is 10.6 Å². The Hall–Kier alpha value is -5.63. The smallest absolute Gasteiger partial charge is 0.355 e. The molecule has 0 saturated carbocycles. The Bertz CT molecular complexity index is 1760. The summed E-state index contributed by atoms with van der Waals surface area (Å²) in [5, 5.41) is 4.66. The van der Waals surface area contributed by atoms with Gasteiger partial charge >= 0.3 is 23.8 Å². The highest BCUT2D eigenvalue weighted by molar-refractivity contribution is 8.00. The molecule has 3 atom stereocenters. The second kappa shape index (κ2) is 14.2. The monoisotopic (exact) mass is 682 g/mol. The van der Waals surface area contributed by atoms with Gasteiger partial charge in [0.15, 0.2) is 6.10 Å². The zero-order valence-electron chi connectivity index (χ0n) is 26.5. The van der Waals surface area contributed by atoms with Crippen molar-refractivity contribution in [3.8, 4) is 0 Å². The highest BCUT2D eigenvalue weighted by Crippen LogP contribution is 2.39. The van der Waals surface area contributed by atoms with E-state index in [0.29, 0.717) is 23.5 Å². The predicted octanol–water partition coefficient (Wildman–Crippen LogP) is 2.33. The van der Waals surface area contributed by atoms with Crippen LogP contribution in [0.15, 0.2) is 96.7 Å². The molecule has 2 fully saturated rings. The fraction of sp³-hybridized carbons (Fsp3) is 0.257. The van der Waals surface area contributed by atoms with Crippen LogP contribution in [0.5, 0.6) is 0 Å². The minimum absolute atomic E-state index is 0.0459. The molecule has 3 heterocycles. The van der Waals surface area contributed by atoms with Crippen molar-refractivity contribution in [3.05, 3.63) is 113 Å². The standard InChI is InChI=1S/C35H34N6O7S/c1-2-39-18-19-40(32(45)31(39)44)35(47)38-26(21-13-15-24(36)16-14-21)29(42)37-27-30(43)41-25(17-20-49-33(27)41)34(46)48-28(22-9-5-3-6-10-22)23-11-7-4-8-12-23/h3-17,26-28,33H,2,18-20,36H2,1H3,(H,37,42)(H,38,47)/t26-,27-,33-/m1/s1. The summed E-state index contributed by atoms with van der Waals surface area (Å²) in [5.41, 5.74) is 8.20. The van der Waals surface area contributed by atoms with Crippen molar-refractivity contribution >= 4 is 53.1 Å². The molecule has 0 bridgehead atoms. The van der Waals surface area contributed by atoms with E-state index in [1.807, 2.05) is 60.7 Å². The molecule has 49 heavy (non-hydrogen) atoms. The number of hydrogen-bond acceptors (Lipinski definition) is 9. The fourth-order valence-corrected chi connectivity index (χ4v) is 7.07. The van der Waals surface area contributed by atoms with Gasteiger partial charge in [-0.05, 0) is 41.8 Å². The van der Waals surface area contributed by atoms with Crippen molar-refractivity contribution in [1.29, 1.82) is 0 Å². The van der Waals surface area contributed by atoms with Crippen molar-refractivity contribution in [2.24, 2.45) is 0 Å². The van der Waals surface area contributed by atoms with Crippen LogP contribution in [0, 0.1) is 0 Å². The summed E-state index contributed by atoms with van der Waals surface area (Å²) in [6, 6.07) is 21.4. The number of esters is 1. The van der Waals surface area contributed by atoms with Crippen LogP contribution in [-0.2, 0) is 28.7 Å². The number of nitrogens with one attached hydrogen (secondary N) is 2. The summed E-state index contributed by atoms with van der Waals surface area (Å²) in [6.07, 6.45) is 0.910. The second-order valence-electron chi connectivity index (χ2n) is 11.5. The number of β-lactam (4-membered cyclic amide) rings is 1. The molecule has 6 amide bonds. The number of nitrogen functional groups attached to an aromatic ring is 1. The Morgan fingerprint density at radius 2 is 1.51 bits per heavy atom. The minimum Gasteiger partial charge on any atom is -0.448 e. The number of hydrogen-bond donors (Lipinski definition) is 3. The number of piperazine rings is 1. The quantitative estimate of drug-likeness (QED) is 0.133. The van der Waals surface area contributed by atoms with Gasteiger partial charge in [-0.25, -0.2) is 9.59 Å². The number of benzene rings is 3. The number of thioether (sulfide) groups is 1. The van der Waals surface area contributed by atoms with Gasteiger partial charge in [0.1, 0.15) is 23.2 Å². The Balaban J connectivity index is 1.16. The van der Waals surface area contributed by atoms with Crippen LogP contribution in [0.3, 0.4) is 0 Å². The molecule has 3 aromatic rings. The molecular formula is C35H34N6O7S. The third-order valence-corrected chi connectivity index (χ3v) is 9.70. The fourth-order valence-electron chi connectivity index (χ4n) is 5.88. The molecule has 0 radical (unpaired) electrons. The van der Waals surface area contributed by atoms with Gasteiger partial charge in [0.25, 0.3) is 5.91 Å². The Morgan fingerprint density at radius 3 is 2.12 bits per heavy atom. The molecule has 0 unspecified atom stereocenters.